The van der Waals surface area contributed by atoms with Gasteiger partial charge in [0.25, 0.3) is 0 Å². The molecule has 0 aliphatic rings. The van der Waals surface area contributed by atoms with Crippen molar-refractivity contribution in [3.8, 4) is 0 Å². The number of methoxy groups -OCH3 is 1. The summed E-state index contributed by atoms with van der Waals surface area (Å²) in [4.78, 5) is 21.1. The van der Waals surface area contributed by atoms with E-state index in [1.165, 1.54) is 13.2 Å². The van der Waals surface area contributed by atoms with E-state index in [2.05, 4.69) is 4.74 Å². The van der Waals surface area contributed by atoms with Gasteiger partial charge in [0.1, 0.15) is 6.29 Å². The fraction of sp³-hybridized carbons (Fsp3) is 0.167. The smallest absolute Gasteiger partial charge is 0.330 e. The van der Waals surface area contributed by atoms with Crippen LogP contribution in [-0.4, -0.2) is 19.4 Å². The largest absolute Gasteiger partial charge is 0.466 e. The van der Waals surface area contributed by atoms with E-state index in [9.17, 15) is 9.59 Å². The maximum atomic E-state index is 10.7. The fourth-order valence-corrected chi connectivity index (χ4v) is 1.09. The lowest BCUT2D eigenvalue weighted by Crippen LogP contribution is -1.94. The molecule has 0 aromatic heterocycles. The molecule has 0 fully saturated rings. The molecule has 3 nitrogen and oxygen atoms in total. The lowest BCUT2D eigenvalue weighted by molar-refractivity contribution is -0.134. The Balaban J connectivity index is 2.54. The minimum absolute atomic E-state index is 0.362. The second-order valence-electron chi connectivity index (χ2n) is 2.99. The Morgan fingerprint density at radius 2 is 2.00 bits per heavy atom. The maximum Gasteiger partial charge on any atom is 0.330 e. The molecule has 78 valence electrons. The Morgan fingerprint density at radius 1 is 1.33 bits per heavy atom. The predicted molar refractivity (Wildman–Crippen MR) is 56.7 cm³/mol. The van der Waals surface area contributed by atoms with Gasteiger partial charge in [0.15, 0.2) is 0 Å². The van der Waals surface area contributed by atoms with Crippen LogP contribution in [-0.2, 0) is 16.0 Å². The normalized spacial score (nSPS) is 10.2. The zero-order chi connectivity index (χ0) is 11.1. The number of allylic oxidation sites excluding steroid dienone is 1. The van der Waals surface area contributed by atoms with Crippen LogP contribution in [0.1, 0.15) is 15.9 Å². The Morgan fingerprint density at radius 3 is 2.53 bits per heavy atom. The number of benzene rings is 1. The van der Waals surface area contributed by atoms with Gasteiger partial charge in [-0.25, -0.2) is 4.79 Å². The van der Waals surface area contributed by atoms with Crippen LogP contribution in [0, 0.1) is 0 Å². The van der Waals surface area contributed by atoms with Crippen molar-refractivity contribution in [2.24, 2.45) is 0 Å². The molecule has 0 saturated heterocycles. The molecule has 15 heavy (non-hydrogen) atoms. The minimum atomic E-state index is -0.362. The summed E-state index contributed by atoms with van der Waals surface area (Å²) >= 11 is 0. The van der Waals surface area contributed by atoms with Crippen LogP contribution in [0.5, 0.6) is 0 Å². The Bertz CT molecular complexity index is 363. The predicted octanol–water partition coefficient (Wildman–Crippen LogP) is 1.77. The van der Waals surface area contributed by atoms with E-state index in [0.717, 1.165) is 11.8 Å². The van der Waals surface area contributed by atoms with Crippen molar-refractivity contribution in [3.63, 3.8) is 0 Å². The molecule has 0 saturated carbocycles. The minimum Gasteiger partial charge on any atom is -0.466 e. The number of hydrogen-bond donors (Lipinski definition) is 0. The third kappa shape index (κ3) is 3.77. The quantitative estimate of drug-likeness (QED) is 0.426. The van der Waals surface area contributed by atoms with Gasteiger partial charge in [-0.2, -0.15) is 0 Å². The van der Waals surface area contributed by atoms with Crippen molar-refractivity contribution < 1.29 is 14.3 Å². The standard InChI is InChI=1S/C12H12O3/c1-15-12(14)4-2-3-10-5-7-11(9-13)8-6-10/h2,4-9H,3H2,1H3/b4-2+. The molecule has 0 heterocycles. The second-order valence-corrected chi connectivity index (χ2v) is 2.99. The van der Waals surface area contributed by atoms with Gasteiger partial charge >= 0.3 is 5.97 Å². The number of carbonyl (C=O) groups is 2. The molecule has 0 radical (unpaired) electrons. The maximum absolute atomic E-state index is 10.7. The average molecular weight is 204 g/mol. The average Bonchev–Trinajstić information content (AvgIpc) is 2.29. The van der Waals surface area contributed by atoms with Crippen molar-refractivity contribution in [1.29, 1.82) is 0 Å². The molecule has 0 unspecified atom stereocenters. The zero-order valence-corrected chi connectivity index (χ0v) is 8.47. The van der Waals surface area contributed by atoms with Crippen molar-refractivity contribution in [2.75, 3.05) is 7.11 Å². The first kappa shape index (κ1) is 11.2. The zero-order valence-electron chi connectivity index (χ0n) is 8.47. The number of aldehydes is 1. The molecule has 3 heteroatoms. The Hall–Kier alpha value is -1.90. The monoisotopic (exact) mass is 204 g/mol. The number of ether oxygens (including phenoxy) is 1. The summed E-state index contributed by atoms with van der Waals surface area (Å²) in [7, 11) is 1.34. The fourth-order valence-electron chi connectivity index (χ4n) is 1.09. The van der Waals surface area contributed by atoms with Crippen LogP contribution >= 0.6 is 0 Å². The summed E-state index contributed by atoms with van der Waals surface area (Å²) in [5.41, 5.74) is 1.69. The topological polar surface area (TPSA) is 43.4 Å². The van der Waals surface area contributed by atoms with Crippen LogP contribution in [0.2, 0.25) is 0 Å². The van der Waals surface area contributed by atoms with E-state index in [-0.39, 0.29) is 5.97 Å². The van der Waals surface area contributed by atoms with Crippen LogP contribution in [0.15, 0.2) is 36.4 Å². The summed E-state index contributed by atoms with van der Waals surface area (Å²) in [6.45, 7) is 0. The molecule has 0 N–H and O–H groups in total. The van der Waals surface area contributed by atoms with Crippen molar-refractivity contribution >= 4 is 12.3 Å². The van der Waals surface area contributed by atoms with Gasteiger partial charge in [-0.1, -0.05) is 30.3 Å². The van der Waals surface area contributed by atoms with Crippen molar-refractivity contribution in [1.82, 2.24) is 0 Å². The lowest BCUT2D eigenvalue weighted by Gasteiger charge is -1.96. The highest BCUT2D eigenvalue weighted by atomic mass is 16.5. The first-order valence-corrected chi connectivity index (χ1v) is 4.55. The molecule has 1 rings (SSSR count). The van der Waals surface area contributed by atoms with E-state index in [0.29, 0.717) is 12.0 Å². The molecular weight excluding hydrogens is 192 g/mol. The second kappa shape index (κ2) is 5.75. The Kier molecular flexibility index (Phi) is 4.29. The van der Waals surface area contributed by atoms with Gasteiger partial charge in [0.05, 0.1) is 7.11 Å². The van der Waals surface area contributed by atoms with Crippen molar-refractivity contribution in [2.45, 2.75) is 6.42 Å². The van der Waals surface area contributed by atoms with Gasteiger partial charge in [0.2, 0.25) is 0 Å². The van der Waals surface area contributed by atoms with Gasteiger partial charge in [-0.3, -0.25) is 4.79 Å². The Labute approximate surface area is 88.4 Å². The highest BCUT2D eigenvalue weighted by Crippen LogP contribution is 2.03. The first-order chi connectivity index (χ1) is 7.26. The van der Waals surface area contributed by atoms with E-state index < -0.39 is 0 Å². The van der Waals surface area contributed by atoms with E-state index in [4.69, 9.17) is 0 Å². The lowest BCUT2D eigenvalue weighted by atomic mass is 10.1. The van der Waals surface area contributed by atoms with Crippen LogP contribution in [0.25, 0.3) is 0 Å². The molecule has 0 bridgehead atoms. The summed E-state index contributed by atoms with van der Waals surface area (Å²) in [6, 6.07) is 7.19. The third-order valence-corrected chi connectivity index (χ3v) is 1.92. The number of esters is 1. The van der Waals surface area contributed by atoms with Gasteiger partial charge < -0.3 is 4.74 Å². The van der Waals surface area contributed by atoms with Gasteiger partial charge in [0, 0.05) is 11.6 Å². The number of carbonyl (C=O) groups excluding carboxylic acids is 2. The molecule has 0 spiro atoms. The van der Waals surface area contributed by atoms with Crippen LogP contribution in [0.3, 0.4) is 0 Å². The molecular formula is C12H12O3. The van der Waals surface area contributed by atoms with E-state index in [1.807, 2.05) is 12.1 Å². The molecule has 0 aliphatic heterocycles. The summed E-state index contributed by atoms with van der Waals surface area (Å²) < 4.78 is 4.45. The summed E-state index contributed by atoms with van der Waals surface area (Å²) in [5, 5.41) is 0. The molecule has 0 aliphatic carbocycles. The van der Waals surface area contributed by atoms with E-state index in [1.54, 1.807) is 18.2 Å². The molecule has 1 aromatic rings. The van der Waals surface area contributed by atoms with Crippen molar-refractivity contribution in [3.05, 3.63) is 47.5 Å². The van der Waals surface area contributed by atoms with Gasteiger partial charge in [-0.15, -0.1) is 0 Å². The van der Waals surface area contributed by atoms with Gasteiger partial charge in [-0.05, 0) is 12.0 Å². The van der Waals surface area contributed by atoms with Crippen LogP contribution < -0.4 is 0 Å². The first-order valence-electron chi connectivity index (χ1n) is 4.55. The summed E-state index contributed by atoms with van der Waals surface area (Å²) in [6.07, 6.45) is 4.55. The number of hydrogen-bond acceptors (Lipinski definition) is 3. The SMILES string of the molecule is COC(=O)/C=C/Cc1ccc(C=O)cc1. The molecule has 0 atom stereocenters. The van der Waals surface area contributed by atoms with Crippen LogP contribution in [0.4, 0.5) is 0 Å². The third-order valence-electron chi connectivity index (χ3n) is 1.92. The summed E-state index contributed by atoms with van der Waals surface area (Å²) in [5.74, 6) is -0.362. The number of rotatable bonds is 4. The van der Waals surface area contributed by atoms with E-state index >= 15 is 0 Å². The highest BCUT2D eigenvalue weighted by molar-refractivity contribution is 5.81. The molecule has 1 aromatic carbocycles. The highest BCUT2D eigenvalue weighted by Gasteiger charge is 1.93. The molecule has 0 amide bonds.